The minimum absolute atomic E-state index is 0.0684. The summed E-state index contributed by atoms with van der Waals surface area (Å²) in [6, 6.07) is 7.92. The number of rotatable bonds is 5. The monoisotopic (exact) mass is 293 g/mol. The molecule has 0 radical (unpaired) electrons. The molecule has 0 bridgehead atoms. The highest BCUT2D eigenvalue weighted by Crippen LogP contribution is 2.29. The number of aromatic nitrogens is 2. The van der Waals surface area contributed by atoms with Crippen LogP contribution in [0.15, 0.2) is 24.3 Å². The summed E-state index contributed by atoms with van der Waals surface area (Å²) < 4.78 is 1.50. The molecule has 1 aromatic heterocycles. The average molecular weight is 294 g/mol. The average Bonchev–Trinajstić information content (AvgIpc) is 2.66. The van der Waals surface area contributed by atoms with Gasteiger partial charge in [0.15, 0.2) is 0 Å². The summed E-state index contributed by atoms with van der Waals surface area (Å²) in [4.78, 5) is 10.7. The molecule has 0 fully saturated rings. The highest BCUT2D eigenvalue weighted by Gasteiger charge is 2.25. The van der Waals surface area contributed by atoms with Crippen molar-refractivity contribution in [2.45, 2.75) is 33.2 Å². The van der Waals surface area contributed by atoms with Crippen molar-refractivity contribution in [1.82, 2.24) is 9.78 Å². The summed E-state index contributed by atoms with van der Waals surface area (Å²) in [7, 11) is 0. The summed E-state index contributed by atoms with van der Waals surface area (Å²) in [5, 5.41) is 15.5. The predicted molar refractivity (Wildman–Crippen MR) is 78.2 cm³/mol. The summed E-state index contributed by atoms with van der Waals surface area (Å²) in [5.74, 6) is 0. The maximum absolute atomic E-state index is 11.1. The maximum Gasteiger partial charge on any atom is 0.329 e. The molecular formula is C14H16ClN3O2. The lowest BCUT2D eigenvalue weighted by Gasteiger charge is -2.03. The third-order valence-electron chi connectivity index (χ3n) is 3.02. The molecule has 106 valence electrons. The zero-order chi connectivity index (χ0) is 14.7. The van der Waals surface area contributed by atoms with E-state index in [2.05, 4.69) is 5.10 Å². The summed E-state index contributed by atoms with van der Waals surface area (Å²) in [6.45, 7) is 4.39. The number of hydrogen-bond acceptors (Lipinski definition) is 3. The van der Waals surface area contributed by atoms with Crippen LogP contribution in [0.1, 0.15) is 30.2 Å². The van der Waals surface area contributed by atoms with E-state index in [4.69, 9.17) is 11.6 Å². The number of halogens is 1. The van der Waals surface area contributed by atoms with Crippen LogP contribution >= 0.6 is 11.6 Å². The Morgan fingerprint density at radius 1 is 1.45 bits per heavy atom. The van der Waals surface area contributed by atoms with Crippen molar-refractivity contribution < 1.29 is 4.92 Å². The SMILES string of the molecule is CCCc1nn(Cc2cccc(C)c2)c(Cl)c1[N+](=O)[O-]. The van der Waals surface area contributed by atoms with Gasteiger partial charge in [-0.05, 0) is 18.9 Å². The van der Waals surface area contributed by atoms with Crippen molar-refractivity contribution in [2.75, 3.05) is 0 Å². The zero-order valence-corrected chi connectivity index (χ0v) is 12.2. The Morgan fingerprint density at radius 2 is 2.20 bits per heavy atom. The Bertz CT molecular complexity index is 637. The fraction of sp³-hybridized carbons (Fsp3) is 0.357. The highest BCUT2D eigenvalue weighted by atomic mass is 35.5. The lowest BCUT2D eigenvalue weighted by atomic mass is 10.1. The minimum atomic E-state index is -0.451. The van der Waals surface area contributed by atoms with Gasteiger partial charge in [-0.3, -0.25) is 10.1 Å². The number of hydrogen-bond donors (Lipinski definition) is 0. The number of aryl methyl sites for hydroxylation is 2. The Hall–Kier alpha value is -1.88. The van der Waals surface area contributed by atoms with Crippen molar-refractivity contribution in [3.8, 4) is 0 Å². The molecule has 2 rings (SSSR count). The lowest BCUT2D eigenvalue weighted by molar-refractivity contribution is -0.385. The first-order chi connectivity index (χ1) is 9.52. The van der Waals surface area contributed by atoms with Crippen LogP contribution in [0.3, 0.4) is 0 Å². The van der Waals surface area contributed by atoms with Crippen LogP contribution in [0.5, 0.6) is 0 Å². The van der Waals surface area contributed by atoms with Gasteiger partial charge in [-0.1, -0.05) is 54.8 Å². The van der Waals surface area contributed by atoms with Crippen LogP contribution in [-0.4, -0.2) is 14.7 Å². The second kappa shape index (κ2) is 6.05. The Kier molecular flexibility index (Phi) is 4.39. The molecule has 1 heterocycles. The molecule has 0 amide bonds. The molecule has 0 spiro atoms. The highest BCUT2D eigenvalue weighted by molar-refractivity contribution is 6.31. The van der Waals surface area contributed by atoms with Gasteiger partial charge in [0.05, 0.1) is 11.5 Å². The van der Waals surface area contributed by atoms with Gasteiger partial charge < -0.3 is 0 Å². The molecule has 1 aromatic carbocycles. The summed E-state index contributed by atoms with van der Waals surface area (Å²) in [6.07, 6.45) is 1.34. The molecule has 0 unspecified atom stereocenters. The quantitative estimate of drug-likeness (QED) is 0.623. The van der Waals surface area contributed by atoms with E-state index in [1.165, 1.54) is 4.68 Å². The fourth-order valence-electron chi connectivity index (χ4n) is 2.15. The van der Waals surface area contributed by atoms with Gasteiger partial charge in [-0.2, -0.15) is 5.10 Å². The first kappa shape index (κ1) is 14.5. The van der Waals surface area contributed by atoms with E-state index in [1.807, 2.05) is 38.1 Å². The molecular weight excluding hydrogens is 278 g/mol. The van der Waals surface area contributed by atoms with Crippen LogP contribution < -0.4 is 0 Å². The topological polar surface area (TPSA) is 61.0 Å². The predicted octanol–water partition coefficient (Wildman–Crippen LogP) is 3.75. The molecule has 0 aliphatic carbocycles. The molecule has 2 aromatic rings. The molecule has 0 atom stereocenters. The smallest absolute Gasteiger partial charge is 0.258 e. The van der Waals surface area contributed by atoms with Crippen LogP contribution in [0.25, 0.3) is 0 Å². The summed E-state index contributed by atoms with van der Waals surface area (Å²) >= 11 is 6.11. The lowest BCUT2D eigenvalue weighted by Crippen LogP contribution is -2.02. The van der Waals surface area contributed by atoms with Gasteiger partial charge in [0, 0.05) is 0 Å². The second-order valence-corrected chi connectivity index (χ2v) is 5.10. The second-order valence-electron chi connectivity index (χ2n) is 4.74. The van der Waals surface area contributed by atoms with Crippen LogP contribution in [0.2, 0.25) is 5.15 Å². The third kappa shape index (κ3) is 2.99. The van der Waals surface area contributed by atoms with Crippen molar-refractivity contribution >= 4 is 17.3 Å². The van der Waals surface area contributed by atoms with Gasteiger partial charge >= 0.3 is 5.69 Å². The van der Waals surface area contributed by atoms with Gasteiger partial charge in [0.25, 0.3) is 0 Å². The van der Waals surface area contributed by atoms with Crippen molar-refractivity contribution in [2.24, 2.45) is 0 Å². The van der Waals surface area contributed by atoms with E-state index < -0.39 is 4.92 Å². The van der Waals surface area contributed by atoms with Crippen LogP contribution in [-0.2, 0) is 13.0 Å². The normalized spacial score (nSPS) is 10.8. The Balaban J connectivity index is 2.37. The van der Waals surface area contributed by atoms with E-state index >= 15 is 0 Å². The number of nitrogens with zero attached hydrogens (tertiary/aromatic N) is 3. The zero-order valence-electron chi connectivity index (χ0n) is 11.5. The van der Waals surface area contributed by atoms with E-state index in [-0.39, 0.29) is 10.8 Å². The molecule has 0 saturated carbocycles. The molecule has 0 N–H and O–H groups in total. The van der Waals surface area contributed by atoms with Gasteiger partial charge in [0.1, 0.15) is 5.69 Å². The van der Waals surface area contributed by atoms with Crippen LogP contribution in [0, 0.1) is 17.0 Å². The molecule has 20 heavy (non-hydrogen) atoms. The van der Waals surface area contributed by atoms with E-state index in [0.717, 1.165) is 17.5 Å². The van der Waals surface area contributed by atoms with Crippen molar-refractivity contribution in [3.63, 3.8) is 0 Å². The largest absolute Gasteiger partial charge is 0.329 e. The van der Waals surface area contributed by atoms with Crippen LogP contribution in [0.4, 0.5) is 5.69 Å². The van der Waals surface area contributed by atoms with Crippen molar-refractivity contribution in [1.29, 1.82) is 0 Å². The van der Waals surface area contributed by atoms with Gasteiger partial charge in [-0.15, -0.1) is 0 Å². The fourth-order valence-corrected chi connectivity index (χ4v) is 2.43. The van der Waals surface area contributed by atoms with E-state index in [9.17, 15) is 10.1 Å². The maximum atomic E-state index is 11.1. The third-order valence-corrected chi connectivity index (χ3v) is 3.40. The first-order valence-corrected chi connectivity index (χ1v) is 6.85. The van der Waals surface area contributed by atoms with Crippen molar-refractivity contribution in [3.05, 3.63) is 56.4 Å². The molecule has 0 saturated heterocycles. The Morgan fingerprint density at radius 3 is 2.80 bits per heavy atom. The first-order valence-electron chi connectivity index (χ1n) is 6.48. The number of nitro groups is 1. The molecule has 5 nitrogen and oxygen atoms in total. The van der Waals surface area contributed by atoms with E-state index in [0.29, 0.717) is 18.7 Å². The minimum Gasteiger partial charge on any atom is -0.258 e. The molecule has 6 heteroatoms. The summed E-state index contributed by atoms with van der Waals surface area (Å²) in [5.41, 5.74) is 2.54. The molecule has 0 aliphatic heterocycles. The number of benzene rings is 1. The van der Waals surface area contributed by atoms with E-state index in [1.54, 1.807) is 0 Å². The molecule has 0 aliphatic rings. The van der Waals surface area contributed by atoms with Gasteiger partial charge in [0.2, 0.25) is 5.15 Å². The Labute approximate surface area is 122 Å². The standard InChI is InChI=1S/C14H16ClN3O2/c1-3-5-12-13(18(19)20)14(15)17(16-12)9-11-7-4-6-10(2)8-11/h4,6-8H,3,5,9H2,1-2H3. The van der Waals surface area contributed by atoms with Gasteiger partial charge in [-0.25, -0.2) is 4.68 Å².